The van der Waals surface area contributed by atoms with Gasteiger partial charge in [0.1, 0.15) is 12.4 Å². The van der Waals surface area contributed by atoms with Gasteiger partial charge in [0.25, 0.3) is 0 Å². The van der Waals surface area contributed by atoms with E-state index >= 15 is 0 Å². The van der Waals surface area contributed by atoms with Gasteiger partial charge in [0.15, 0.2) is 17.3 Å². The summed E-state index contributed by atoms with van der Waals surface area (Å²) in [6, 6.07) is 16.8. The molecule has 38 heavy (non-hydrogen) atoms. The predicted molar refractivity (Wildman–Crippen MR) is 142 cm³/mol. The van der Waals surface area contributed by atoms with Crippen LogP contribution in [0.4, 0.5) is 4.39 Å². The van der Waals surface area contributed by atoms with Crippen LogP contribution >= 0.6 is 11.6 Å². The molecule has 2 aliphatic rings. The Morgan fingerprint density at radius 1 is 1.05 bits per heavy atom. The molecule has 0 aromatic heterocycles. The van der Waals surface area contributed by atoms with Crippen molar-refractivity contribution in [1.82, 2.24) is 5.32 Å². The molecule has 194 valence electrons. The van der Waals surface area contributed by atoms with E-state index < -0.39 is 11.9 Å². The summed E-state index contributed by atoms with van der Waals surface area (Å²) in [5.41, 5.74) is 4.50. The Bertz CT molecular complexity index is 1530. The number of benzene rings is 3. The van der Waals surface area contributed by atoms with Crippen LogP contribution < -0.4 is 14.8 Å². The molecule has 8 heteroatoms. The quantitative estimate of drug-likeness (QED) is 0.365. The summed E-state index contributed by atoms with van der Waals surface area (Å²) in [6.45, 7) is 3.98. The number of rotatable bonds is 7. The molecule has 0 saturated carbocycles. The first-order valence-corrected chi connectivity index (χ1v) is 12.5. The zero-order chi connectivity index (χ0) is 27.0. The number of nitrogens with one attached hydrogen (secondary N) is 1. The van der Waals surface area contributed by atoms with E-state index in [-0.39, 0.29) is 29.0 Å². The van der Waals surface area contributed by atoms with Gasteiger partial charge in [-0.15, -0.1) is 0 Å². The van der Waals surface area contributed by atoms with Gasteiger partial charge in [-0.25, -0.2) is 9.18 Å². The summed E-state index contributed by atoms with van der Waals surface area (Å²) in [5.74, 6) is -1.24. The Kier molecular flexibility index (Phi) is 6.95. The second kappa shape index (κ2) is 10.3. The lowest BCUT2D eigenvalue weighted by Gasteiger charge is -2.29. The second-order valence-corrected chi connectivity index (χ2v) is 9.34. The average molecular weight is 534 g/mol. The summed E-state index contributed by atoms with van der Waals surface area (Å²) < 4.78 is 30.6. The lowest BCUT2D eigenvalue weighted by molar-refractivity contribution is -0.136. The van der Waals surface area contributed by atoms with Gasteiger partial charge in [-0.1, -0.05) is 48.0 Å². The van der Waals surface area contributed by atoms with Crippen LogP contribution in [0.25, 0.3) is 5.70 Å². The van der Waals surface area contributed by atoms with E-state index in [1.54, 1.807) is 43.3 Å². The fourth-order valence-electron chi connectivity index (χ4n) is 4.98. The van der Waals surface area contributed by atoms with E-state index in [4.69, 9.17) is 25.8 Å². The van der Waals surface area contributed by atoms with E-state index in [0.717, 1.165) is 5.56 Å². The largest absolute Gasteiger partial charge is 0.490 e. The van der Waals surface area contributed by atoms with Crippen molar-refractivity contribution in [2.75, 3.05) is 13.7 Å². The molecular formula is C30H25ClFNO5. The highest BCUT2D eigenvalue weighted by Gasteiger charge is 2.43. The smallest absolute Gasteiger partial charge is 0.336 e. The van der Waals surface area contributed by atoms with Crippen LogP contribution in [-0.2, 0) is 16.1 Å². The van der Waals surface area contributed by atoms with Crippen molar-refractivity contribution in [3.05, 3.63) is 111 Å². The SMILES string of the molecule is CCOc1cc([C@@H]2C(C(=O)OC)=C(C)NC3=C2C(=O)c2ccccc23)cc(Cl)c1OCc1cccc(F)c1. The summed E-state index contributed by atoms with van der Waals surface area (Å²) in [6.07, 6.45) is 0. The lowest BCUT2D eigenvalue weighted by atomic mass is 9.79. The number of carbonyl (C=O) groups excluding carboxylic acids is 2. The van der Waals surface area contributed by atoms with Crippen molar-refractivity contribution in [2.45, 2.75) is 26.4 Å². The van der Waals surface area contributed by atoms with Crippen LogP contribution in [0.2, 0.25) is 5.02 Å². The molecule has 1 aliphatic carbocycles. The van der Waals surface area contributed by atoms with E-state index in [0.29, 0.717) is 51.6 Å². The van der Waals surface area contributed by atoms with E-state index in [1.165, 1.54) is 19.2 Å². The Morgan fingerprint density at radius 3 is 2.53 bits per heavy atom. The van der Waals surface area contributed by atoms with Crippen LogP contribution in [-0.4, -0.2) is 25.5 Å². The van der Waals surface area contributed by atoms with Gasteiger partial charge in [0.05, 0.1) is 30.0 Å². The third-order valence-corrected chi connectivity index (χ3v) is 6.87. The fourth-order valence-corrected chi connectivity index (χ4v) is 5.26. The van der Waals surface area contributed by atoms with Crippen LogP contribution in [0.1, 0.15) is 46.8 Å². The summed E-state index contributed by atoms with van der Waals surface area (Å²) >= 11 is 6.73. The third-order valence-electron chi connectivity index (χ3n) is 6.59. The highest BCUT2D eigenvalue weighted by atomic mass is 35.5. The number of halogens is 2. The first-order valence-electron chi connectivity index (χ1n) is 12.1. The molecule has 1 aliphatic heterocycles. The van der Waals surface area contributed by atoms with Crippen molar-refractivity contribution in [1.29, 1.82) is 0 Å². The van der Waals surface area contributed by atoms with Crippen LogP contribution in [0.15, 0.2) is 77.5 Å². The molecule has 0 radical (unpaired) electrons. The standard InChI is InChI=1S/C30H25ClFNO5/c1-4-37-23-14-18(13-22(31)29(23)38-15-17-8-7-9-19(32)12-17)25-24(30(35)36-3)16(2)33-27-20-10-5-6-11-21(20)28(34)26(25)27/h5-14,25,33H,4,15H2,1-3H3/t25-/m1/s1. The van der Waals surface area contributed by atoms with E-state index in [9.17, 15) is 14.0 Å². The minimum Gasteiger partial charge on any atom is -0.490 e. The highest BCUT2D eigenvalue weighted by Crippen LogP contribution is 2.49. The molecule has 0 fully saturated rings. The van der Waals surface area contributed by atoms with E-state index in [2.05, 4.69) is 5.32 Å². The number of Topliss-reactive ketones (excluding diaryl/α,β-unsaturated/α-hetero) is 1. The van der Waals surface area contributed by atoms with Crippen molar-refractivity contribution in [2.24, 2.45) is 0 Å². The molecule has 0 saturated heterocycles. The minimum atomic E-state index is -0.757. The number of dihydropyridines is 1. The summed E-state index contributed by atoms with van der Waals surface area (Å²) in [7, 11) is 1.30. The van der Waals surface area contributed by atoms with Gasteiger partial charge in [0.2, 0.25) is 0 Å². The molecule has 0 bridgehead atoms. The number of carbonyl (C=O) groups is 2. The zero-order valence-corrected chi connectivity index (χ0v) is 21.8. The van der Waals surface area contributed by atoms with Crippen LogP contribution in [0, 0.1) is 5.82 Å². The number of methoxy groups -OCH3 is 1. The fraction of sp³-hybridized carbons (Fsp3) is 0.200. The molecule has 5 rings (SSSR count). The maximum Gasteiger partial charge on any atom is 0.336 e. The Hall–Kier alpha value is -4.10. The van der Waals surface area contributed by atoms with E-state index in [1.807, 2.05) is 19.1 Å². The van der Waals surface area contributed by atoms with Crippen molar-refractivity contribution in [3.63, 3.8) is 0 Å². The summed E-state index contributed by atoms with van der Waals surface area (Å²) in [5, 5.41) is 3.49. The Labute approximate surface area is 224 Å². The van der Waals surface area contributed by atoms with Crippen molar-refractivity contribution >= 4 is 29.1 Å². The minimum absolute atomic E-state index is 0.0692. The number of hydrogen-bond donors (Lipinski definition) is 1. The van der Waals surface area contributed by atoms with Crippen LogP contribution in [0.5, 0.6) is 11.5 Å². The summed E-state index contributed by atoms with van der Waals surface area (Å²) in [4.78, 5) is 26.6. The van der Waals surface area contributed by atoms with Gasteiger partial charge in [0, 0.05) is 28.3 Å². The van der Waals surface area contributed by atoms with Crippen LogP contribution in [0.3, 0.4) is 0 Å². The third kappa shape index (κ3) is 4.43. The van der Waals surface area contributed by atoms with Gasteiger partial charge in [-0.3, -0.25) is 4.79 Å². The Balaban J connectivity index is 1.62. The van der Waals surface area contributed by atoms with Gasteiger partial charge in [-0.2, -0.15) is 0 Å². The maximum absolute atomic E-state index is 13.6. The number of fused-ring (bicyclic) bond motifs is 2. The number of ketones is 1. The predicted octanol–water partition coefficient (Wildman–Crippen LogP) is 6.20. The maximum atomic E-state index is 13.6. The molecular weight excluding hydrogens is 509 g/mol. The molecule has 0 spiro atoms. The average Bonchev–Trinajstić information content (AvgIpc) is 3.18. The second-order valence-electron chi connectivity index (χ2n) is 8.93. The number of esters is 1. The number of allylic oxidation sites excluding steroid dienone is 2. The topological polar surface area (TPSA) is 73.9 Å². The first kappa shape index (κ1) is 25.5. The molecule has 3 aromatic carbocycles. The highest BCUT2D eigenvalue weighted by molar-refractivity contribution is 6.32. The molecule has 0 unspecified atom stereocenters. The molecule has 1 atom stereocenters. The zero-order valence-electron chi connectivity index (χ0n) is 21.1. The van der Waals surface area contributed by atoms with Crippen molar-refractivity contribution in [3.8, 4) is 11.5 Å². The molecule has 6 nitrogen and oxygen atoms in total. The first-order chi connectivity index (χ1) is 18.3. The van der Waals surface area contributed by atoms with Gasteiger partial charge < -0.3 is 19.5 Å². The molecule has 1 N–H and O–H groups in total. The van der Waals surface area contributed by atoms with Crippen molar-refractivity contribution < 1.29 is 28.2 Å². The van der Waals surface area contributed by atoms with Gasteiger partial charge in [-0.05, 0) is 49.2 Å². The normalized spacial score (nSPS) is 16.1. The number of ether oxygens (including phenoxy) is 3. The lowest BCUT2D eigenvalue weighted by Crippen LogP contribution is -2.29. The number of hydrogen-bond acceptors (Lipinski definition) is 6. The molecule has 1 heterocycles. The van der Waals surface area contributed by atoms with Gasteiger partial charge >= 0.3 is 5.97 Å². The monoisotopic (exact) mass is 533 g/mol. The Morgan fingerprint density at radius 2 is 1.82 bits per heavy atom. The molecule has 3 aromatic rings. The molecule has 0 amide bonds.